The van der Waals surface area contributed by atoms with Crippen LogP contribution in [0.3, 0.4) is 0 Å². The number of benzene rings is 3. The zero-order valence-corrected chi connectivity index (χ0v) is 23.4. The van der Waals surface area contributed by atoms with Gasteiger partial charge in [0.25, 0.3) is 0 Å². The summed E-state index contributed by atoms with van der Waals surface area (Å²) in [5, 5.41) is 13.0. The van der Waals surface area contributed by atoms with Crippen LogP contribution in [0.1, 0.15) is 36.3 Å². The van der Waals surface area contributed by atoms with Gasteiger partial charge in [0.1, 0.15) is 0 Å². The number of aromatic nitrogens is 2. The third kappa shape index (κ3) is 4.46. The Balaban J connectivity index is 1.39. The van der Waals surface area contributed by atoms with Gasteiger partial charge in [-0.3, -0.25) is 0 Å². The Labute approximate surface area is 239 Å². The summed E-state index contributed by atoms with van der Waals surface area (Å²) < 4.78 is 34.4. The minimum atomic E-state index is -3.75. The number of hydrogen-bond donors (Lipinski definition) is 1. The van der Waals surface area contributed by atoms with Crippen LogP contribution in [-0.4, -0.2) is 23.9 Å². The van der Waals surface area contributed by atoms with Gasteiger partial charge in [0, 0.05) is 29.8 Å². The predicted molar refractivity (Wildman–Crippen MR) is 161 cm³/mol. The number of sulfone groups is 1. The number of fused-ring (bicyclic) bond motifs is 5. The average molecular weight is 560 g/mol. The predicted octanol–water partition coefficient (Wildman–Crippen LogP) is 4.97. The van der Waals surface area contributed by atoms with E-state index in [1.54, 1.807) is 24.3 Å². The Morgan fingerprint density at radius 2 is 1.85 bits per heavy atom. The van der Waals surface area contributed by atoms with Gasteiger partial charge >= 0.3 is 0 Å². The number of nitrogens with one attached hydrogen (secondary N) is 1. The van der Waals surface area contributed by atoms with E-state index in [1.165, 1.54) is 11.1 Å². The summed E-state index contributed by atoms with van der Waals surface area (Å²) in [7, 11) is -3.75. The summed E-state index contributed by atoms with van der Waals surface area (Å²) in [6.07, 6.45) is 15.9. The molecule has 1 aliphatic heterocycles. The maximum absolute atomic E-state index is 14.3. The molecule has 41 heavy (non-hydrogen) atoms. The molecule has 2 aliphatic carbocycles. The SMILES string of the molecule is CCc1nnc(-c2cccc(S(=O)(=O)C3C=c4c(ccc5c4=CCc4ccccc4-5)C(C4=CC=CC=CN4)C3)c2)o1. The number of allylic oxidation sites excluding steroid dienone is 5. The van der Waals surface area contributed by atoms with Crippen LogP contribution in [0, 0.1) is 0 Å². The van der Waals surface area contributed by atoms with Gasteiger partial charge in [-0.15, -0.1) is 10.2 Å². The molecule has 0 bridgehead atoms. The Kier molecular flexibility index (Phi) is 6.31. The van der Waals surface area contributed by atoms with Crippen molar-refractivity contribution in [1.82, 2.24) is 15.5 Å². The zero-order valence-electron chi connectivity index (χ0n) is 22.6. The molecule has 6 nitrogen and oxygen atoms in total. The first-order valence-electron chi connectivity index (χ1n) is 13.9. The first-order valence-corrected chi connectivity index (χ1v) is 15.5. The van der Waals surface area contributed by atoms with E-state index in [0.717, 1.165) is 33.7 Å². The molecule has 2 unspecified atom stereocenters. The number of aryl methyl sites for hydroxylation is 1. The van der Waals surface area contributed by atoms with Crippen molar-refractivity contribution in [2.45, 2.75) is 42.2 Å². The molecule has 7 heteroatoms. The lowest BCUT2D eigenvalue weighted by Gasteiger charge is -2.30. The molecule has 1 N–H and O–H groups in total. The molecule has 0 spiro atoms. The second kappa shape index (κ2) is 10.2. The number of nitrogens with zero attached hydrogens (tertiary/aromatic N) is 2. The smallest absolute Gasteiger partial charge is 0.247 e. The van der Waals surface area contributed by atoms with E-state index >= 15 is 0 Å². The molecule has 1 aromatic heterocycles. The van der Waals surface area contributed by atoms with Gasteiger partial charge in [-0.05, 0) is 75.9 Å². The fraction of sp³-hybridized carbons (Fsp3) is 0.176. The minimum absolute atomic E-state index is 0.121. The first kappa shape index (κ1) is 25.5. The van der Waals surface area contributed by atoms with Crippen LogP contribution in [0.15, 0.2) is 106 Å². The van der Waals surface area contributed by atoms with E-state index in [1.807, 2.05) is 43.5 Å². The highest BCUT2D eigenvalue weighted by Crippen LogP contribution is 2.36. The van der Waals surface area contributed by atoms with Gasteiger partial charge in [0.2, 0.25) is 11.8 Å². The highest BCUT2D eigenvalue weighted by molar-refractivity contribution is 7.92. The van der Waals surface area contributed by atoms with Crippen molar-refractivity contribution in [3.05, 3.63) is 124 Å². The van der Waals surface area contributed by atoms with Crippen LogP contribution < -0.4 is 15.8 Å². The van der Waals surface area contributed by atoms with E-state index in [-0.39, 0.29) is 10.8 Å². The van der Waals surface area contributed by atoms with Crippen molar-refractivity contribution < 1.29 is 12.8 Å². The highest BCUT2D eigenvalue weighted by atomic mass is 32.2. The molecule has 2 heterocycles. The molecule has 7 rings (SSSR count). The lowest BCUT2D eigenvalue weighted by molar-refractivity contribution is 0.512. The molecule has 0 amide bonds. The number of rotatable bonds is 5. The van der Waals surface area contributed by atoms with Gasteiger partial charge < -0.3 is 9.73 Å². The van der Waals surface area contributed by atoms with Crippen molar-refractivity contribution in [3.8, 4) is 22.6 Å². The first-order chi connectivity index (χ1) is 20.0. The Morgan fingerprint density at radius 1 is 0.951 bits per heavy atom. The average Bonchev–Trinajstić information content (AvgIpc) is 3.34. The van der Waals surface area contributed by atoms with Gasteiger partial charge in [0.05, 0.1) is 10.1 Å². The molecule has 0 saturated heterocycles. The van der Waals surface area contributed by atoms with Gasteiger partial charge in [-0.1, -0.05) is 73.7 Å². The van der Waals surface area contributed by atoms with Crippen LogP contribution in [-0.2, 0) is 22.7 Å². The van der Waals surface area contributed by atoms with E-state index < -0.39 is 15.1 Å². The molecule has 0 saturated carbocycles. The summed E-state index contributed by atoms with van der Waals surface area (Å²) in [6.45, 7) is 1.93. The summed E-state index contributed by atoms with van der Waals surface area (Å²) in [4.78, 5) is 0.247. The summed E-state index contributed by atoms with van der Waals surface area (Å²) in [5.74, 6) is 0.718. The van der Waals surface area contributed by atoms with Crippen molar-refractivity contribution in [2.24, 2.45) is 0 Å². The fourth-order valence-corrected chi connectivity index (χ4v) is 7.75. The van der Waals surface area contributed by atoms with Gasteiger partial charge in [-0.2, -0.15) is 0 Å². The van der Waals surface area contributed by atoms with E-state index in [0.29, 0.717) is 30.2 Å². The molecule has 0 fully saturated rings. The minimum Gasteiger partial charge on any atom is -0.421 e. The standard InChI is InChI=1S/C34H29N3O3S/c1-2-33-36-37-34(40-33)23-10-8-11-24(19-23)41(38,39)25-20-30-28-15-14-22-9-5-6-12-26(22)27(28)16-17-29(30)31(21-25)32-13-4-3-7-18-35-32/h3-13,15-20,25,31,35H,2,14,21H2,1H3. The van der Waals surface area contributed by atoms with Crippen molar-refractivity contribution in [2.75, 3.05) is 0 Å². The quantitative estimate of drug-likeness (QED) is 0.372. The zero-order chi connectivity index (χ0) is 28.0. The molecule has 3 aliphatic rings. The van der Waals surface area contributed by atoms with Gasteiger partial charge in [-0.25, -0.2) is 8.42 Å². The van der Waals surface area contributed by atoms with Crippen molar-refractivity contribution in [1.29, 1.82) is 0 Å². The maximum atomic E-state index is 14.3. The second-order valence-corrected chi connectivity index (χ2v) is 12.7. The molecule has 3 aromatic carbocycles. The van der Waals surface area contributed by atoms with Gasteiger partial charge in [0.15, 0.2) is 9.84 Å². The Bertz CT molecular complexity index is 2000. The van der Waals surface area contributed by atoms with Crippen molar-refractivity contribution >= 4 is 22.0 Å². The van der Waals surface area contributed by atoms with Crippen LogP contribution >= 0.6 is 0 Å². The largest absolute Gasteiger partial charge is 0.421 e. The highest BCUT2D eigenvalue weighted by Gasteiger charge is 2.35. The van der Waals surface area contributed by atoms with E-state index in [9.17, 15) is 8.42 Å². The Hall–Kier alpha value is -4.49. The second-order valence-electron chi connectivity index (χ2n) is 10.5. The third-order valence-electron chi connectivity index (χ3n) is 8.15. The third-order valence-corrected chi connectivity index (χ3v) is 10.2. The van der Waals surface area contributed by atoms with Crippen LogP contribution in [0.25, 0.3) is 34.7 Å². The lowest BCUT2D eigenvalue weighted by atomic mass is 9.81. The lowest BCUT2D eigenvalue weighted by Crippen LogP contribution is -2.41. The van der Waals surface area contributed by atoms with Crippen LogP contribution in [0.2, 0.25) is 0 Å². The topological polar surface area (TPSA) is 85.1 Å². The van der Waals surface area contributed by atoms with Crippen LogP contribution in [0.5, 0.6) is 0 Å². The molecule has 2 atom stereocenters. The monoisotopic (exact) mass is 559 g/mol. The number of hydrogen-bond acceptors (Lipinski definition) is 6. The molecular formula is C34H29N3O3S. The summed E-state index contributed by atoms with van der Waals surface area (Å²) >= 11 is 0. The molecule has 4 aromatic rings. The summed E-state index contributed by atoms with van der Waals surface area (Å²) in [6, 6.07) is 19.7. The fourth-order valence-electron chi connectivity index (χ4n) is 6.08. The summed E-state index contributed by atoms with van der Waals surface area (Å²) in [5.41, 5.74) is 6.35. The normalized spacial score (nSPS) is 19.0. The van der Waals surface area contributed by atoms with E-state index in [4.69, 9.17) is 4.42 Å². The maximum Gasteiger partial charge on any atom is 0.247 e. The molecule has 204 valence electrons. The molecular weight excluding hydrogens is 530 g/mol. The van der Waals surface area contributed by atoms with Crippen LogP contribution in [0.4, 0.5) is 0 Å². The van der Waals surface area contributed by atoms with Crippen molar-refractivity contribution in [3.63, 3.8) is 0 Å². The van der Waals surface area contributed by atoms with E-state index in [2.05, 4.69) is 58.0 Å². The Morgan fingerprint density at radius 3 is 2.73 bits per heavy atom. The molecule has 0 radical (unpaired) electrons.